The summed E-state index contributed by atoms with van der Waals surface area (Å²) in [5.74, 6) is 0.437. The predicted octanol–water partition coefficient (Wildman–Crippen LogP) is 2.95. The number of nitrogens with two attached hydrogens (primary N) is 1. The fraction of sp³-hybridized carbons (Fsp3) is 1.00. The van der Waals surface area contributed by atoms with Crippen LogP contribution in [0.5, 0.6) is 0 Å². The van der Waals surface area contributed by atoms with Crippen molar-refractivity contribution in [2.45, 2.75) is 72.1 Å². The maximum atomic E-state index is 6.37. The minimum atomic E-state index is -0.101. The van der Waals surface area contributed by atoms with Crippen molar-refractivity contribution in [3.8, 4) is 0 Å². The summed E-state index contributed by atoms with van der Waals surface area (Å²) in [6.45, 7) is 15.3. The van der Waals surface area contributed by atoms with Crippen molar-refractivity contribution in [3.05, 3.63) is 0 Å². The van der Waals surface area contributed by atoms with Gasteiger partial charge in [0, 0.05) is 12.0 Å². The summed E-state index contributed by atoms with van der Waals surface area (Å²) in [5.41, 5.74) is 6.39. The molecular weight excluding hydrogens is 186 g/mol. The summed E-state index contributed by atoms with van der Waals surface area (Å²) in [7, 11) is 0. The first-order chi connectivity index (χ1) is 6.46. The fourth-order valence-electron chi connectivity index (χ4n) is 2.77. The third-order valence-corrected chi connectivity index (χ3v) is 3.58. The minimum absolute atomic E-state index is 0.0307. The lowest BCUT2D eigenvalue weighted by Crippen LogP contribution is -2.48. The molecule has 0 spiro atoms. The summed E-state index contributed by atoms with van der Waals surface area (Å²) in [6, 6.07) is 0.189. The molecule has 0 amide bonds. The lowest BCUT2D eigenvalue weighted by atomic mass is 9.72. The first kappa shape index (κ1) is 13.0. The Morgan fingerprint density at radius 3 is 1.93 bits per heavy atom. The number of hydrogen-bond donors (Lipinski definition) is 1. The normalized spacial score (nSPS) is 31.6. The van der Waals surface area contributed by atoms with Crippen molar-refractivity contribution in [2.24, 2.45) is 17.1 Å². The van der Waals surface area contributed by atoms with Crippen molar-refractivity contribution >= 4 is 0 Å². The lowest BCUT2D eigenvalue weighted by molar-refractivity contribution is -0.0797. The zero-order valence-electron chi connectivity index (χ0n) is 11.3. The van der Waals surface area contributed by atoms with Gasteiger partial charge in [-0.1, -0.05) is 20.8 Å². The molecule has 0 aliphatic carbocycles. The fourth-order valence-corrected chi connectivity index (χ4v) is 2.77. The molecule has 2 N–H and O–H groups in total. The molecule has 0 radical (unpaired) electrons. The van der Waals surface area contributed by atoms with Gasteiger partial charge in [0.2, 0.25) is 0 Å². The van der Waals surface area contributed by atoms with Gasteiger partial charge in [-0.2, -0.15) is 0 Å². The van der Waals surface area contributed by atoms with Gasteiger partial charge in [-0.05, 0) is 39.5 Å². The monoisotopic (exact) mass is 213 g/mol. The maximum Gasteiger partial charge on any atom is 0.0677 e. The van der Waals surface area contributed by atoms with Gasteiger partial charge in [0.1, 0.15) is 0 Å². The molecule has 2 unspecified atom stereocenters. The Labute approximate surface area is 94.6 Å². The molecule has 15 heavy (non-hydrogen) atoms. The number of rotatable bonds is 1. The summed E-state index contributed by atoms with van der Waals surface area (Å²) in [5, 5.41) is 0. The Hall–Kier alpha value is -0.0800. The molecule has 0 aromatic rings. The molecule has 1 rings (SSSR count). The van der Waals surface area contributed by atoms with Crippen molar-refractivity contribution < 1.29 is 4.74 Å². The van der Waals surface area contributed by atoms with Crippen molar-refractivity contribution in [3.63, 3.8) is 0 Å². The van der Waals surface area contributed by atoms with Crippen LogP contribution in [0, 0.1) is 11.3 Å². The summed E-state index contributed by atoms with van der Waals surface area (Å²) < 4.78 is 6.09. The van der Waals surface area contributed by atoms with E-state index in [9.17, 15) is 0 Å². The molecule has 2 atom stereocenters. The smallest absolute Gasteiger partial charge is 0.0677 e. The predicted molar refractivity (Wildman–Crippen MR) is 64.8 cm³/mol. The standard InChI is InChI=1S/C13H27NO/c1-11(2,3)10(14)9-8-12(4,5)15-13(9,6)7/h9-10H,8,14H2,1-7H3. The van der Waals surface area contributed by atoms with E-state index in [1.54, 1.807) is 0 Å². The SMILES string of the molecule is CC1(C)CC(C(N)C(C)(C)C)C(C)(C)O1. The van der Waals surface area contributed by atoms with Crippen molar-refractivity contribution in [1.29, 1.82) is 0 Å². The second-order valence-corrected chi connectivity index (χ2v) is 7.17. The zero-order chi connectivity index (χ0) is 12.1. The van der Waals surface area contributed by atoms with Crippen LogP contribution in [0.3, 0.4) is 0 Å². The number of ether oxygens (including phenoxy) is 1. The molecule has 1 saturated heterocycles. The van der Waals surface area contributed by atoms with E-state index >= 15 is 0 Å². The molecule has 1 aliphatic rings. The zero-order valence-corrected chi connectivity index (χ0v) is 11.3. The first-order valence-electron chi connectivity index (χ1n) is 5.91. The van der Waals surface area contributed by atoms with E-state index < -0.39 is 0 Å². The number of hydrogen-bond acceptors (Lipinski definition) is 2. The van der Waals surface area contributed by atoms with E-state index in [0.717, 1.165) is 6.42 Å². The maximum absolute atomic E-state index is 6.37. The third-order valence-electron chi connectivity index (χ3n) is 3.58. The highest BCUT2D eigenvalue weighted by Crippen LogP contribution is 2.46. The lowest BCUT2D eigenvalue weighted by Gasteiger charge is -2.38. The molecule has 0 aromatic carbocycles. The molecule has 1 fully saturated rings. The van der Waals surface area contributed by atoms with E-state index in [-0.39, 0.29) is 22.7 Å². The summed E-state index contributed by atoms with van der Waals surface area (Å²) >= 11 is 0. The van der Waals surface area contributed by atoms with Crippen LogP contribution in [-0.4, -0.2) is 17.2 Å². The van der Waals surface area contributed by atoms with Gasteiger partial charge < -0.3 is 10.5 Å². The van der Waals surface area contributed by atoms with Crippen LogP contribution in [0.2, 0.25) is 0 Å². The van der Waals surface area contributed by atoms with Crippen LogP contribution >= 0.6 is 0 Å². The average molecular weight is 213 g/mol. The van der Waals surface area contributed by atoms with E-state index in [1.165, 1.54) is 0 Å². The van der Waals surface area contributed by atoms with E-state index in [4.69, 9.17) is 10.5 Å². The Bertz CT molecular complexity index is 237. The van der Waals surface area contributed by atoms with Gasteiger partial charge in [0.15, 0.2) is 0 Å². The second kappa shape index (κ2) is 3.46. The van der Waals surface area contributed by atoms with Crippen LogP contribution < -0.4 is 5.73 Å². The van der Waals surface area contributed by atoms with Gasteiger partial charge in [0.05, 0.1) is 11.2 Å². The molecule has 1 aliphatic heterocycles. The molecule has 2 nitrogen and oxygen atoms in total. The third kappa shape index (κ3) is 2.73. The first-order valence-corrected chi connectivity index (χ1v) is 5.91. The quantitative estimate of drug-likeness (QED) is 0.727. The van der Waals surface area contributed by atoms with Crippen LogP contribution in [-0.2, 0) is 4.74 Å². The highest BCUT2D eigenvalue weighted by molar-refractivity contribution is 5.01. The van der Waals surface area contributed by atoms with Crippen LogP contribution in [0.4, 0.5) is 0 Å². The Balaban J connectivity index is 2.88. The highest BCUT2D eigenvalue weighted by Gasteiger charge is 2.50. The second-order valence-electron chi connectivity index (χ2n) is 7.17. The van der Waals surface area contributed by atoms with Gasteiger partial charge in [-0.15, -0.1) is 0 Å². The molecule has 1 heterocycles. The van der Waals surface area contributed by atoms with Gasteiger partial charge in [-0.25, -0.2) is 0 Å². The molecule has 0 aromatic heterocycles. The highest BCUT2D eigenvalue weighted by atomic mass is 16.5. The van der Waals surface area contributed by atoms with Crippen molar-refractivity contribution in [2.75, 3.05) is 0 Å². The Morgan fingerprint density at radius 2 is 1.67 bits per heavy atom. The topological polar surface area (TPSA) is 35.2 Å². The van der Waals surface area contributed by atoms with E-state index in [1.807, 2.05) is 0 Å². The molecule has 0 saturated carbocycles. The van der Waals surface area contributed by atoms with Gasteiger partial charge >= 0.3 is 0 Å². The molecule has 90 valence electrons. The van der Waals surface area contributed by atoms with Crippen molar-refractivity contribution in [1.82, 2.24) is 0 Å². The summed E-state index contributed by atoms with van der Waals surface area (Å²) in [6.07, 6.45) is 1.05. The Kier molecular flexibility index (Phi) is 2.99. The van der Waals surface area contributed by atoms with Crippen LogP contribution in [0.15, 0.2) is 0 Å². The average Bonchev–Trinajstić information content (AvgIpc) is 2.15. The molecular formula is C13H27NO. The van der Waals surface area contributed by atoms with E-state index in [0.29, 0.717) is 5.92 Å². The largest absolute Gasteiger partial charge is 0.369 e. The van der Waals surface area contributed by atoms with Gasteiger partial charge in [-0.3, -0.25) is 0 Å². The summed E-state index contributed by atoms with van der Waals surface area (Å²) in [4.78, 5) is 0. The van der Waals surface area contributed by atoms with Crippen LogP contribution in [0.25, 0.3) is 0 Å². The Morgan fingerprint density at radius 1 is 1.20 bits per heavy atom. The minimum Gasteiger partial charge on any atom is -0.369 e. The van der Waals surface area contributed by atoms with E-state index in [2.05, 4.69) is 48.5 Å². The molecule has 0 bridgehead atoms. The van der Waals surface area contributed by atoms with Gasteiger partial charge in [0.25, 0.3) is 0 Å². The molecule has 2 heteroatoms. The van der Waals surface area contributed by atoms with Crippen LogP contribution in [0.1, 0.15) is 54.9 Å².